The molecule has 1 atom stereocenters. The van der Waals surface area contributed by atoms with E-state index in [1.807, 2.05) is 18.5 Å². The highest BCUT2D eigenvalue weighted by atomic mass is 79.9. The summed E-state index contributed by atoms with van der Waals surface area (Å²) in [6.07, 6.45) is 1.00. The summed E-state index contributed by atoms with van der Waals surface area (Å²) in [4.78, 5) is 0. The Kier molecular flexibility index (Phi) is 5.11. The molecule has 1 heterocycles. The van der Waals surface area contributed by atoms with Gasteiger partial charge in [-0.1, -0.05) is 0 Å². The van der Waals surface area contributed by atoms with Crippen molar-refractivity contribution in [3.05, 3.63) is 51.3 Å². The fourth-order valence-electron chi connectivity index (χ4n) is 2.42. The minimum absolute atomic E-state index is 0.233. The van der Waals surface area contributed by atoms with E-state index in [0.717, 1.165) is 28.5 Å². The molecule has 0 fully saturated rings. The number of rotatable bonds is 5. The molecule has 114 valence electrons. The predicted molar refractivity (Wildman–Crippen MR) is 82.1 cm³/mol. The number of benzene rings is 1. The quantitative estimate of drug-likeness (QED) is 0.891. The lowest BCUT2D eigenvalue weighted by atomic mass is 10.0. The Morgan fingerprint density at radius 1 is 1.24 bits per heavy atom. The molecule has 0 radical (unpaired) electrons. The second-order valence-electron chi connectivity index (χ2n) is 5.11. The molecule has 0 bridgehead atoms. The molecule has 2 rings (SSSR count). The van der Waals surface area contributed by atoms with Crippen LogP contribution < -0.4 is 5.73 Å². The summed E-state index contributed by atoms with van der Waals surface area (Å²) in [5, 5.41) is 4.41. The van der Waals surface area contributed by atoms with E-state index in [1.54, 1.807) is 0 Å². The van der Waals surface area contributed by atoms with Gasteiger partial charge in [-0.25, -0.2) is 8.78 Å². The van der Waals surface area contributed by atoms with E-state index < -0.39 is 11.6 Å². The van der Waals surface area contributed by atoms with Crippen LogP contribution in [0.25, 0.3) is 0 Å². The third kappa shape index (κ3) is 3.89. The molecule has 2 aromatic rings. The summed E-state index contributed by atoms with van der Waals surface area (Å²) < 4.78 is 29.2. The van der Waals surface area contributed by atoms with Gasteiger partial charge in [-0.05, 0) is 53.9 Å². The Morgan fingerprint density at radius 3 is 2.43 bits per heavy atom. The van der Waals surface area contributed by atoms with Crippen molar-refractivity contribution in [1.29, 1.82) is 0 Å². The fourth-order valence-corrected chi connectivity index (χ4v) is 2.86. The SMILES string of the molecule is CCn1nc(C)c(Br)c1CC(N)Cc1cc(F)cc(F)c1. The number of hydrogen-bond acceptors (Lipinski definition) is 2. The summed E-state index contributed by atoms with van der Waals surface area (Å²) in [6, 6.07) is 3.27. The molecule has 0 aliphatic heterocycles. The minimum atomic E-state index is -0.576. The van der Waals surface area contributed by atoms with Crippen LogP contribution in [0.2, 0.25) is 0 Å². The van der Waals surface area contributed by atoms with Crippen molar-refractivity contribution in [3.8, 4) is 0 Å². The maximum Gasteiger partial charge on any atom is 0.126 e. The van der Waals surface area contributed by atoms with Gasteiger partial charge in [0.15, 0.2) is 0 Å². The van der Waals surface area contributed by atoms with Crippen LogP contribution in [0.3, 0.4) is 0 Å². The maximum absolute atomic E-state index is 13.2. The molecule has 0 aliphatic carbocycles. The van der Waals surface area contributed by atoms with Crippen molar-refractivity contribution < 1.29 is 8.78 Å². The molecule has 0 spiro atoms. The average molecular weight is 358 g/mol. The zero-order valence-corrected chi connectivity index (χ0v) is 13.6. The zero-order chi connectivity index (χ0) is 15.6. The highest BCUT2D eigenvalue weighted by Gasteiger charge is 2.16. The van der Waals surface area contributed by atoms with E-state index in [4.69, 9.17) is 5.73 Å². The molecule has 1 aromatic carbocycles. The molecular formula is C15H18BrF2N3. The Bertz CT molecular complexity index is 620. The molecule has 21 heavy (non-hydrogen) atoms. The summed E-state index contributed by atoms with van der Waals surface area (Å²) in [5.41, 5.74) is 8.62. The first kappa shape index (κ1) is 16.1. The van der Waals surface area contributed by atoms with Gasteiger partial charge in [0.25, 0.3) is 0 Å². The molecule has 6 heteroatoms. The first-order valence-corrected chi connectivity index (χ1v) is 7.62. The molecule has 0 saturated carbocycles. The molecule has 0 aliphatic rings. The minimum Gasteiger partial charge on any atom is -0.327 e. The smallest absolute Gasteiger partial charge is 0.126 e. The second-order valence-corrected chi connectivity index (χ2v) is 5.90. The van der Waals surface area contributed by atoms with Gasteiger partial charge in [-0.15, -0.1) is 0 Å². The van der Waals surface area contributed by atoms with Crippen LogP contribution >= 0.6 is 15.9 Å². The van der Waals surface area contributed by atoms with E-state index in [-0.39, 0.29) is 6.04 Å². The van der Waals surface area contributed by atoms with Crippen molar-refractivity contribution in [2.75, 3.05) is 0 Å². The van der Waals surface area contributed by atoms with Crippen LogP contribution in [-0.4, -0.2) is 15.8 Å². The van der Waals surface area contributed by atoms with Crippen molar-refractivity contribution in [2.45, 2.75) is 39.3 Å². The standard InChI is InChI=1S/C15H18BrF2N3/c1-3-21-14(15(16)9(2)20-21)8-13(19)6-10-4-11(17)7-12(18)5-10/h4-5,7,13H,3,6,8,19H2,1-2H3. The van der Waals surface area contributed by atoms with Gasteiger partial charge in [-0.3, -0.25) is 4.68 Å². The third-order valence-corrected chi connectivity index (χ3v) is 4.36. The molecule has 0 saturated heterocycles. The van der Waals surface area contributed by atoms with Gasteiger partial charge in [0.05, 0.1) is 15.9 Å². The van der Waals surface area contributed by atoms with Crippen molar-refractivity contribution >= 4 is 15.9 Å². The summed E-state index contributed by atoms with van der Waals surface area (Å²) in [6.45, 7) is 4.69. The first-order valence-electron chi connectivity index (χ1n) is 6.83. The van der Waals surface area contributed by atoms with Gasteiger partial charge in [0, 0.05) is 25.1 Å². The second kappa shape index (κ2) is 6.66. The Hall–Kier alpha value is -1.27. The number of halogens is 3. The van der Waals surface area contributed by atoms with E-state index in [2.05, 4.69) is 21.0 Å². The van der Waals surface area contributed by atoms with Gasteiger partial charge < -0.3 is 5.73 Å². The Balaban J connectivity index is 2.13. The highest BCUT2D eigenvalue weighted by Crippen LogP contribution is 2.23. The number of aryl methyl sites for hydroxylation is 2. The van der Waals surface area contributed by atoms with E-state index in [9.17, 15) is 8.78 Å². The predicted octanol–water partition coefficient (Wildman–Crippen LogP) is 3.36. The van der Waals surface area contributed by atoms with Gasteiger partial charge in [0.2, 0.25) is 0 Å². The summed E-state index contributed by atoms with van der Waals surface area (Å²) in [5.74, 6) is -1.15. The topological polar surface area (TPSA) is 43.8 Å². The van der Waals surface area contributed by atoms with E-state index in [0.29, 0.717) is 18.4 Å². The molecule has 1 unspecified atom stereocenters. The Labute approximate surface area is 131 Å². The summed E-state index contributed by atoms with van der Waals surface area (Å²) >= 11 is 3.52. The van der Waals surface area contributed by atoms with Crippen LogP contribution in [0.1, 0.15) is 23.9 Å². The largest absolute Gasteiger partial charge is 0.327 e. The van der Waals surface area contributed by atoms with Crippen LogP contribution in [0.5, 0.6) is 0 Å². The molecular weight excluding hydrogens is 340 g/mol. The van der Waals surface area contributed by atoms with Crippen LogP contribution in [0.4, 0.5) is 8.78 Å². The molecule has 2 N–H and O–H groups in total. The van der Waals surface area contributed by atoms with Crippen LogP contribution in [-0.2, 0) is 19.4 Å². The monoisotopic (exact) mass is 357 g/mol. The van der Waals surface area contributed by atoms with Crippen molar-refractivity contribution in [1.82, 2.24) is 9.78 Å². The fraction of sp³-hybridized carbons (Fsp3) is 0.400. The normalized spacial score (nSPS) is 12.7. The maximum atomic E-state index is 13.2. The van der Waals surface area contributed by atoms with E-state index >= 15 is 0 Å². The zero-order valence-electron chi connectivity index (χ0n) is 12.0. The molecule has 0 amide bonds. The summed E-state index contributed by atoms with van der Waals surface area (Å²) in [7, 11) is 0. The van der Waals surface area contributed by atoms with E-state index in [1.165, 1.54) is 12.1 Å². The highest BCUT2D eigenvalue weighted by molar-refractivity contribution is 9.10. The van der Waals surface area contributed by atoms with Crippen molar-refractivity contribution in [2.24, 2.45) is 5.73 Å². The lowest BCUT2D eigenvalue weighted by molar-refractivity contribution is 0.561. The average Bonchev–Trinajstić information content (AvgIpc) is 2.65. The van der Waals surface area contributed by atoms with Gasteiger partial charge in [0.1, 0.15) is 11.6 Å². The molecule has 1 aromatic heterocycles. The lowest BCUT2D eigenvalue weighted by Gasteiger charge is -2.13. The van der Waals surface area contributed by atoms with Crippen LogP contribution in [0, 0.1) is 18.6 Å². The van der Waals surface area contributed by atoms with Gasteiger partial charge in [-0.2, -0.15) is 5.10 Å². The third-order valence-electron chi connectivity index (χ3n) is 3.33. The van der Waals surface area contributed by atoms with Crippen LogP contribution in [0.15, 0.2) is 22.7 Å². The lowest BCUT2D eigenvalue weighted by Crippen LogP contribution is -2.27. The number of aromatic nitrogens is 2. The van der Waals surface area contributed by atoms with Gasteiger partial charge >= 0.3 is 0 Å². The Morgan fingerprint density at radius 2 is 1.86 bits per heavy atom. The number of hydrogen-bond donors (Lipinski definition) is 1. The van der Waals surface area contributed by atoms with Crippen molar-refractivity contribution in [3.63, 3.8) is 0 Å². The number of nitrogens with two attached hydrogens (primary N) is 1. The first-order chi connectivity index (χ1) is 9.90. The number of nitrogens with zero attached hydrogens (tertiary/aromatic N) is 2. The molecule has 3 nitrogen and oxygen atoms in total.